The van der Waals surface area contributed by atoms with Gasteiger partial charge in [0.1, 0.15) is 0 Å². The molecule has 0 atom stereocenters. The molecule has 0 unspecified atom stereocenters. The number of hydrogen-bond donors (Lipinski definition) is 4. The molecular formula is H6ErN3O9S3. The summed E-state index contributed by atoms with van der Waals surface area (Å²) in [5.74, 6) is 0. The van der Waals surface area contributed by atoms with Gasteiger partial charge < -0.3 is 13.7 Å². The van der Waals surface area contributed by atoms with Crippen molar-refractivity contribution in [2.24, 2.45) is 10.3 Å². The van der Waals surface area contributed by atoms with E-state index in [9.17, 15) is 0 Å². The zero-order valence-electron chi connectivity index (χ0n) is 6.88. The summed E-state index contributed by atoms with van der Waals surface area (Å²) in [6, 6.07) is 0. The zero-order valence-corrected chi connectivity index (χ0v) is 11.2. The van der Waals surface area contributed by atoms with Crippen LogP contribution < -0.4 is 10.3 Å². The van der Waals surface area contributed by atoms with E-state index >= 15 is 0 Å². The summed E-state index contributed by atoms with van der Waals surface area (Å²) < 4.78 is 83.3. The Bertz CT molecular complexity index is 347. The first kappa shape index (κ1) is 25.6. The van der Waals surface area contributed by atoms with Crippen molar-refractivity contribution < 1.29 is 76.6 Å². The Labute approximate surface area is 121 Å². The molecule has 0 fully saturated rings. The second-order valence-electron chi connectivity index (χ2n) is 1.46. The fourth-order valence-corrected chi connectivity index (χ4v) is 0. The molecule has 0 bridgehead atoms. The van der Waals surface area contributed by atoms with Crippen LogP contribution in [0, 0.1) is 42.1 Å². The standard InChI is InChI=1S/Er.3H3NO3S/c;3*1-5(2,3)4/h;3*(H3,1,2,3,4)/q+3;;;/p-3. The van der Waals surface area contributed by atoms with Gasteiger partial charge in [-0.1, -0.05) is 10.3 Å². The van der Waals surface area contributed by atoms with Crippen molar-refractivity contribution in [1.29, 1.82) is 4.78 Å². The molecule has 0 heterocycles. The number of nitrogens with one attached hydrogen (secondary N) is 1. The van der Waals surface area contributed by atoms with Gasteiger partial charge in [-0.2, -0.15) is 8.42 Å². The average molecular weight is 456 g/mol. The van der Waals surface area contributed by atoms with Crippen LogP contribution in [0.15, 0.2) is 0 Å². The van der Waals surface area contributed by atoms with Gasteiger partial charge >= 0.3 is 47.6 Å². The Morgan fingerprint density at radius 1 is 0.938 bits per heavy atom. The maximum absolute atomic E-state index is 8.97. The number of hydrogen-bond acceptors (Lipinski definition) is 9. The summed E-state index contributed by atoms with van der Waals surface area (Å²) in [7, 11) is -13.2. The molecule has 12 nitrogen and oxygen atoms in total. The third kappa shape index (κ3) is 3890. The van der Waals surface area contributed by atoms with E-state index in [1.807, 2.05) is 0 Å². The van der Waals surface area contributed by atoms with E-state index in [-0.39, 0.29) is 37.3 Å². The van der Waals surface area contributed by atoms with Crippen LogP contribution in [0.2, 0.25) is 0 Å². The van der Waals surface area contributed by atoms with Crippen molar-refractivity contribution in [1.82, 2.24) is 0 Å². The minimum Gasteiger partial charge on any atom is -0.775 e. The van der Waals surface area contributed by atoms with Gasteiger partial charge in [-0.15, -0.1) is 0 Å². The minimum absolute atomic E-state index is 0. The largest absolute Gasteiger partial charge is 3.00 e. The molecule has 0 aromatic heterocycles. The fourth-order valence-electron chi connectivity index (χ4n) is 0. The first-order valence-corrected chi connectivity index (χ1v) is 6.57. The molecule has 0 aromatic rings. The Kier molecular flexibility index (Phi) is 15.8. The molecule has 0 saturated heterocycles. The maximum atomic E-state index is 8.97. The molecular weight excluding hydrogens is 449 g/mol. The molecule has 16 heteroatoms. The van der Waals surface area contributed by atoms with Crippen LogP contribution >= 0.6 is 0 Å². The van der Waals surface area contributed by atoms with Gasteiger partial charge in [0.25, 0.3) is 0 Å². The van der Waals surface area contributed by atoms with Gasteiger partial charge in [0.05, 0.1) is 0 Å². The second-order valence-corrected chi connectivity index (χ2v) is 4.39. The van der Waals surface area contributed by atoms with Crippen molar-refractivity contribution in [3.8, 4) is 0 Å². The van der Waals surface area contributed by atoms with E-state index in [0.29, 0.717) is 0 Å². The number of rotatable bonds is 0. The summed E-state index contributed by atoms with van der Waals surface area (Å²) in [6.45, 7) is 0. The Hall–Kier alpha value is 0.857. The molecule has 0 aliphatic rings. The maximum Gasteiger partial charge on any atom is 3.00 e. The zero-order chi connectivity index (χ0) is 13.5. The van der Waals surface area contributed by atoms with Gasteiger partial charge in [-0.25, -0.2) is 18.7 Å². The first-order valence-electron chi connectivity index (χ1n) is 2.19. The molecule has 1 radical (unpaired) electrons. The quantitative estimate of drug-likeness (QED) is 0.263. The van der Waals surface area contributed by atoms with Crippen LogP contribution in [0.25, 0.3) is 0 Å². The van der Waals surface area contributed by atoms with Crippen LogP contribution in [-0.4, -0.2) is 39.3 Å². The van der Waals surface area contributed by atoms with E-state index in [4.69, 9.17) is 44.0 Å². The summed E-state index contributed by atoms with van der Waals surface area (Å²) in [6.07, 6.45) is 0. The molecule has 0 spiro atoms. The average Bonchev–Trinajstić information content (AvgIpc) is 1.41. The van der Waals surface area contributed by atoms with Crippen molar-refractivity contribution in [3.05, 3.63) is 0 Å². The summed E-state index contributed by atoms with van der Waals surface area (Å²) >= 11 is 0. The predicted molar refractivity (Wildman–Crippen MR) is 42.0 cm³/mol. The van der Waals surface area contributed by atoms with Crippen LogP contribution in [0.3, 0.4) is 0 Å². The van der Waals surface area contributed by atoms with Crippen LogP contribution in [0.4, 0.5) is 0 Å². The molecule has 6 N–H and O–H groups in total. The van der Waals surface area contributed by atoms with E-state index < -0.39 is 30.9 Å². The van der Waals surface area contributed by atoms with Crippen molar-refractivity contribution in [2.75, 3.05) is 0 Å². The fraction of sp³-hybridized carbons (Fsp3) is 0. The molecule has 0 aromatic carbocycles. The monoisotopic (exact) mass is 454 g/mol. The molecule has 0 aliphatic carbocycles. The topological polar surface area (TPSA) is 251 Å². The predicted octanol–water partition coefficient (Wildman–Crippen LogP) is -3.55. The third-order valence-electron chi connectivity index (χ3n) is 0. The smallest absolute Gasteiger partial charge is 0.775 e. The van der Waals surface area contributed by atoms with E-state index in [0.717, 1.165) is 0 Å². The first-order chi connectivity index (χ1) is 6.00. The Morgan fingerprint density at radius 2 is 0.938 bits per heavy atom. The van der Waals surface area contributed by atoms with Crippen molar-refractivity contribution in [3.63, 3.8) is 0 Å². The van der Waals surface area contributed by atoms with Crippen LogP contribution in [0.1, 0.15) is 0 Å². The van der Waals surface area contributed by atoms with Crippen LogP contribution in [-0.2, 0) is 30.9 Å². The van der Waals surface area contributed by atoms with E-state index in [1.165, 1.54) is 0 Å². The van der Waals surface area contributed by atoms with Crippen molar-refractivity contribution >= 4 is 30.9 Å². The molecule has 16 heavy (non-hydrogen) atoms. The third-order valence-corrected chi connectivity index (χ3v) is 0. The van der Waals surface area contributed by atoms with E-state index in [2.05, 4.69) is 10.3 Å². The summed E-state index contributed by atoms with van der Waals surface area (Å²) in [5.41, 5.74) is 0. The number of nitrogens with two attached hydrogens (primary N) is 2. The summed E-state index contributed by atoms with van der Waals surface area (Å²) in [4.78, 5) is 0. The second kappa shape index (κ2) is 9.84. The Morgan fingerprint density at radius 3 is 0.938 bits per heavy atom. The van der Waals surface area contributed by atoms with Crippen molar-refractivity contribution in [2.45, 2.75) is 0 Å². The van der Waals surface area contributed by atoms with Crippen LogP contribution in [0.5, 0.6) is 0 Å². The normalized spacial score (nSPS) is 10.9. The van der Waals surface area contributed by atoms with Gasteiger partial charge in [0.15, 0.2) is 10.3 Å². The van der Waals surface area contributed by atoms with Gasteiger partial charge in [0.2, 0.25) is 0 Å². The van der Waals surface area contributed by atoms with Gasteiger partial charge in [0, 0.05) is 0 Å². The summed E-state index contributed by atoms with van der Waals surface area (Å²) in [5, 5.41) is 7.65. The minimum atomic E-state index is -4.67. The van der Waals surface area contributed by atoms with E-state index in [1.54, 1.807) is 0 Å². The molecule has 0 saturated carbocycles. The molecule has 0 amide bonds. The van der Waals surface area contributed by atoms with Gasteiger partial charge in [-0.3, -0.25) is 13.5 Å². The molecule has 0 rings (SSSR count). The molecule has 0 aliphatic heterocycles. The SMILES string of the molecule is N=S(=O)([O-])[O-].NS(=O)(=O)O.NS(=O)(=O)[O-].[Er+3]. The molecule has 105 valence electrons. The van der Waals surface area contributed by atoms with Gasteiger partial charge in [-0.05, 0) is 0 Å². The Balaban J connectivity index is -0.0000000655.